The maximum Gasteiger partial charge on any atom is 0.130 e. The van der Waals surface area contributed by atoms with Crippen molar-refractivity contribution in [1.82, 2.24) is 4.98 Å². The first-order chi connectivity index (χ1) is 10.2. The molecule has 1 heterocycles. The summed E-state index contributed by atoms with van der Waals surface area (Å²) < 4.78 is 11.4. The van der Waals surface area contributed by atoms with Crippen LogP contribution in [0.2, 0.25) is 0 Å². The molecule has 2 aromatic rings. The van der Waals surface area contributed by atoms with Crippen LogP contribution in [0.1, 0.15) is 18.1 Å². The summed E-state index contributed by atoms with van der Waals surface area (Å²) in [5, 5.41) is 3.37. The van der Waals surface area contributed by atoms with Crippen molar-refractivity contribution in [2.75, 3.05) is 19.5 Å². The van der Waals surface area contributed by atoms with E-state index >= 15 is 0 Å². The third kappa shape index (κ3) is 3.88. The van der Waals surface area contributed by atoms with Gasteiger partial charge in [-0.1, -0.05) is 13.0 Å². The van der Waals surface area contributed by atoms with E-state index in [-0.39, 0.29) is 0 Å². The van der Waals surface area contributed by atoms with Crippen LogP contribution in [-0.2, 0) is 13.0 Å². The molecule has 0 spiro atoms. The average molecular weight is 351 g/mol. The monoisotopic (exact) mass is 350 g/mol. The number of benzene rings is 1. The van der Waals surface area contributed by atoms with Crippen LogP contribution in [0.25, 0.3) is 0 Å². The fourth-order valence-corrected chi connectivity index (χ4v) is 2.39. The van der Waals surface area contributed by atoms with Crippen LogP contribution in [0.3, 0.4) is 0 Å². The predicted molar refractivity (Wildman–Crippen MR) is 88.2 cm³/mol. The number of hydrogen-bond donors (Lipinski definition) is 1. The molecule has 0 aliphatic carbocycles. The summed E-state index contributed by atoms with van der Waals surface area (Å²) in [7, 11) is 3.30. The molecular weight excluding hydrogens is 332 g/mol. The lowest BCUT2D eigenvalue weighted by Gasteiger charge is -2.13. The van der Waals surface area contributed by atoms with Crippen molar-refractivity contribution in [3.05, 3.63) is 46.1 Å². The van der Waals surface area contributed by atoms with Gasteiger partial charge in [-0.3, -0.25) is 0 Å². The first kappa shape index (κ1) is 15.6. The Morgan fingerprint density at radius 2 is 1.86 bits per heavy atom. The van der Waals surface area contributed by atoms with Gasteiger partial charge >= 0.3 is 0 Å². The molecule has 0 atom stereocenters. The van der Waals surface area contributed by atoms with E-state index in [1.165, 1.54) is 5.56 Å². The van der Waals surface area contributed by atoms with E-state index in [4.69, 9.17) is 9.47 Å². The largest absolute Gasteiger partial charge is 0.497 e. The Labute approximate surface area is 133 Å². The number of nitrogens with one attached hydrogen (secondary N) is 1. The number of hydrogen-bond acceptors (Lipinski definition) is 4. The van der Waals surface area contributed by atoms with Crippen LogP contribution in [0.15, 0.2) is 34.9 Å². The minimum Gasteiger partial charge on any atom is -0.497 e. The first-order valence-electron chi connectivity index (χ1n) is 6.78. The van der Waals surface area contributed by atoms with Gasteiger partial charge in [-0.25, -0.2) is 4.98 Å². The Hall–Kier alpha value is -1.75. The minimum atomic E-state index is 0.642. The lowest BCUT2D eigenvalue weighted by molar-refractivity contribution is 0.391. The van der Waals surface area contributed by atoms with Gasteiger partial charge in [0.05, 0.1) is 14.2 Å². The molecule has 0 amide bonds. The molecule has 4 nitrogen and oxygen atoms in total. The van der Waals surface area contributed by atoms with E-state index in [2.05, 4.69) is 39.2 Å². The Bertz CT molecular complexity index is 617. The molecule has 5 heteroatoms. The number of rotatable bonds is 6. The number of aromatic nitrogens is 1. The van der Waals surface area contributed by atoms with E-state index in [0.29, 0.717) is 6.54 Å². The summed E-state index contributed by atoms with van der Waals surface area (Å²) in [5.74, 6) is 2.48. The molecule has 2 rings (SSSR count). The fourth-order valence-electron chi connectivity index (χ4n) is 2.08. The smallest absolute Gasteiger partial charge is 0.130 e. The van der Waals surface area contributed by atoms with Crippen LogP contribution >= 0.6 is 15.9 Å². The SMILES string of the molecule is CCc1ccc(Br)nc1NCc1ccc(OC)cc1OC. The molecular formula is C16H19BrN2O2. The van der Waals surface area contributed by atoms with Crippen LogP contribution in [-0.4, -0.2) is 19.2 Å². The standard InChI is InChI=1S/C16H19BrN2O2/c1-4-11-6-8-15(17)19-16(11)18-10-12-5-7-13(20-2)9-14(12)21-3/h5-9H,4,10H2,1-3H3,(H,18,19). The lowest BCUT2D eigenvalue weighted by Crippen LogP contribution is -2.06. The normalized spacial score (nSPS) is 10.3. The third-order valence-electron chi connectivity index (χ3n) is 3.27. The minimum absolute atomic E-state index is 0.642. The van der Waals surface area contributed by atoms with Gasteiger partial charge in [-0.05, 0) is 46.1 Å². The van der Waals surface area contributed by atoms with Gasteiger partial charge < -0.3 is 14.8 Å². The molecule has 0 unspecified atom stereocenters. The summed E-state index contributed by atoms with van der Waals surface area (Å²) in [5.41, 5.74) is 2.24. The fraction of sp³-hybridized carbons (Fsp3) is 0.312. The first-order valence-corrected chi connectivity index (χ1v) is 7.57. The Morgan fingerprint density at radius 3 is 2.52 bits per heavy atom. The maximum atomic E-state index is 5.41. The topological polar surface area (TPSA) is 43.4 Å². The van der Waals surface area contributed by atoms with Crippen molar-refractivity contribution in [1.29, 1.82) is 0 Å². The van der Waals surface area contributed by atoms with E-state index < -0.39 is 0 Å². The highest BCUT2D eigenvalue weighted by molar-refractivity contribution is 9.10. The van der Waals surface area contributed by atoms with Gasteiger partial charge in [-0.15, -0.1) is 0 Å². The van der Waals surface area contributed by atoms with Crippen LogP contribution in [0.5, 0.6) is 11.5 Å². The predicted octanol–water partition coefficient (Wildman–Crippen LogP) is 4.04. The molecule has 0 saturated carbocycles. The number of anilines is 1. The van der Waals surface area contributed by atoms with Gasteiger partial charge in [0.15, 0.2) is 0 Å². The van der Waals surface area contributed by atoms with E-state index in [1.54, 1.807) is 14.2 Å². The Balaban J connectivity index is 2.18. The summed E-state index contributed by atoms with van der Waals surface area (Å²) >= 11 is 3.41. The molecule has 112 valence electrons. The molecule has 0 radical (unpaired) electrons. The zero-order chi connectivity index (χ0) is 15.2. The number of aryl methyl sites for hydroxylation is 1. The Morgan fingerprint density at radius 1 is 1.10 bits per heavy atom. The lowest BCUT2D eigenvalue weighted by atomic mass is 10.1. The van der Waals surface area contributed by atoms with Crippen molar-refractivity contribution >= 4 is 21.7 Å². The number of nitrogens with zero attached hydrogens (tertiary/aromatic N) is 1. The molecule has 1 N–H and O–H groups in total. The third-order valence-corrected chi connectivity index (χ3v) is 3.71. The van der Waals surface area contributed by atoms with Gasteiger partial charge in [-0.2, -0.15) is 0 Å². The van der Waals surface area contributed by atoms with Crippen LogP contribution in [0.4, 0.5) is 5.82 Å². The van der Waals surface area contributed by atoms with E-state index in [9.17, 15) is 0 Å². The van der Waals surface area contributed by atoms with Crippen molar-refractivity contribution in [3.8, 4) is 11.5 Å². The molecule has 0 saturated heterocycles. The second-order valence-corrected chi connectivity index (χ2v) is 5.34. The van der Waals surface area contributed by atoms with Gasteiger partial charge in [0.1, 0.15) is 21.9 Å². The molecule has 1 aromatic heterocycles. The molecule has 1 aromatic carbocycles. The molecule has 21 heavy (non-hydrogen) atoms. The number of pyridine rings is 1. The van der Waals surface area contributed by atoms with Crippen molar-refractivity contribution < 1.29 is 9.47 Å². The zero-order valence-corrected chi connectivity index (χ0v) is 14.0. The summed E-state index contributed by atoms with van der Waals surface area (Å²) in [4.78, 5) is 4.49. The summed E-state index contributed by atoms with van der Waals surface area (Å²) in [6.45, 7) is 2.76. The van der Waals surface area contributed by atoms with Crippen molar-refractivity contribution in [2.24, 2.45) is 0 Å². The summed E-state index contributed by atoms with van der Waals surface area (Å²) in [6.07, 6.45) is 0.933. The van der Waals surface area contributed by atoms with Gasteiger partial charge in [0, 0.05) is 18.2 Å². The van der Waals surface area contributed by atoms with Crippen LogP contribution in [0, 0.1) is 0 Å². The van der Waals surface area contributed by atoms with Crippen molar-refractivity contribution in [3.63, 3.8) is 0 Å². The van der Waals surface area contributed by atoms with Crippen LogP contribution < -0.4 is 14.8 Å². The molecule has 0 bridgehead atoms. The van der Waals surface area contributed by atoms with Gasteiger partial charge in [0.25, 0.3) is 0 Å². The quantitative estimate of drug-likeness (QED) is 0.798. The van der Waals surface area contributed by atoms with Gasteiger partial charge in [0.2, 0.25) is 0 Å². The second kappa shape index (κ2) is 7.31. The van der Waals surface area contributed by atoms with Crippen molar-refractivity contribution in [2.45, 2.75) is 19.9 Å². The molecule has 0 aliphatic heterocycles. The maximum absolute atomic E-state index is 5.41. The zero-order valence-electron chi connectivity index (χ0n) is 12.4. The van der Waals surface area contributed by atoms with E-state index in [0.717, 1.165) is 33.9 Å². The highest BCUT2D eigenvalue weighted by Gasteiger charge is 2.07. The van der Waals surface area contributed by atoms with E-state index in [1.807, 2.05) is 24.3 Å². The number of halogens is 1. The highest BCUT2D eigenvalue weighted by Crippen LogP contribution is 2.26. The highest BCUT2D eigenvalue weighted by atomic mass is 79.9. The number of methoxy groups -OCH3 is 2. The average Bonchev–Trinajstić information content (AvgIpc) is 2.52. The second-order valence-electron chi connectivity index (χ2n) is 4.53. The number of ether oxygens (including phenoxy) is 2. The molecule has 0 fully saturated rings. The summed E-state index contributed by atoms with van der Waals surface area (Å²) in [6, 6.07) is 9.83. The Kier molecular flexibility index (Phi) is 5.44. The molecule has 0 aliphatic rings.